The number of carbonyl (C=O) groups excluding carboxylic acids is 1. The van der Waals surface area contributed by atoms with E-state index in [2.05, 4.69) is 0 Å². The van der Waals surface area contributed by atoms with Gasteiger partial charge < -0.3 is 20.1 Å². The third-order valence-corrected chi connectivity index (χ3v) is 4.00. The molecule has 2 unspecified atom stereocenters. The average molecular weight is 312 g/mol. The Kier molecular flexibility index (Phi) is 4.21. The normalized spacial score (nSPS) is 20.1. The number of benzene rings is 2. The lowest BCUT2D eigenvalue weighted by molar-refractivity contribution is -0.126. The van der Waals surface area contributed by atoms with E-state index in [-0.39, 0.29) is 11.9 Å². The molecule has 5 heteroatoms. The van der Waals surface area contributed by atoms with Crippen LogP contribution in [0, 0.1) is 0 Å². The predicted octanol–water partition coefficient (Wildman–Crippen LogP) is 2.51. The van der Waals surface area contributed by atoms with Gasteiger partial charge in [0.05, 0.1) is 19.8 Å². The van der Waals surface area contributed by atoms with Crippen LogP contribution in [0.15, 0.2) is 48.5 Å². The van der Waals surface area contributed by atoms with Crippen LogP contribution in [0.5, 0.6) is 11.5 Å². The van der Waals surface area contributed by atoms with Gasteiger partial charge in [0, 0.05) is 5.69 Å². The SMILES string of the molecule is CCOc1ccc(N2C(=O)C(N)C2c2cccc(OC)c2)cc1. The van der Waals surface area contributed by atoms with Crippen molar-refractivity contribution in [3.8, 4) is 11.5 Å². The molecule has 0 radical (unpaired) electrons. The van der Waals surface area contributed by atoms with E-state index in [1.165, 1.54) is 0 Å². The summed E-state index contributed by atoms with van der Waals surface area (Å²) in [7, 11) is 1.62. The van der Waals surface area contributed by atoms with Crippen LogP contribution in [0.3, 0.4) is 0 Å². The van der Waals surface area contributed by atoms with Crippen LogP contribution in [0.4, 0.5) is 5.69 Å². The number of rotatable bonds is 5. The van der Waals surface area contributed by atoms with Crippen molar-refractivity contribution in [3.05, 3.63) is 54.1 Å². The zero-order valence-corrected chi connectivity index (χ0v) is 13.2. The quantitative estimate of drug-likeness (QED) is 0.862. The summed E-state index contributed by atoms with van der Waals surface area (Å²) in [6.07, 6.45) is 0. The molecule has 0 spiro atoms. The summed E-state index contributed by atoms with van der Waals surface area (Å²) >= 11 is 0. The summed E-state index contributed by atoms with van der Waals surface area (Å²) in [5.74, 6) is 1.45. The van der Waals surface area contributed by atoms with Gasteiger partial charge >= 0.3 is 0 Å². The second-order valence-electron chi connectivity index (χ2n) is 5.38. The molecule has 0 bridgehead atoms. The average Bonchev–Trinajstić information content (AvgIpc) is 2.60. The molecule has 3 rings (SSSR count). The Morgan fingerprint density at radius 2 is 1.87 bits per heavy atom. The van der Waals surface area contributed by atoms with E-state index >= 15 is 0 Å². The monoisotopic (exact) mass is 312 g/mol. The molecule has 2 atom stereocenters. The topological polar surface area (TPSA) is 64.8 Å². The largest absolute Gasteiger partial charge is 0.497 e. The Balaban J connectivity index is 1.89. The van der Waals surface area contributed by atoms with Gasteiger partial charge in [-0.25, -0.2) is 0 Å². The van der Waals surface area contributed by atoms with Gasteiger partial charge in [0.2, 0.25) is 5.91 Å². The van der Waals surface area contributed by atoms with Gasteiger partial charge in [-0.3, -0.25) is 4.79 Å². The number of methoxy groups -OCH3 is 1. The van der Waals surface area contributed by atoms with Gasteiger partial charge in [-0.15, -0.1) is 0 Å². The number of amides is 1. The highest BCUT2D eigenvalue weighted by Crippen LogP contribution is 2.39. The highest BCUT2D eigenvalue weighted by atomic mass is 16.5. The van der Waals surface area contributed by atoms with Crippen LogP contribution in [-0.2, 0) is 4.79 Å². The van der Waals surface area contributed by atoms with Crippen molar-refractivity contribution in [2.24, 2.45) is 5.73 Å². The number of hydrogen-bond acceptors (Lipinski definition) is 4. The second-order valence-corrected chi connectivity index (χ2v) is 5.38. The molecule has 2 aromatic carbocycles. The molecule has 0 saturated carbocycles. The van der Waals surface area contributed by atoms with Crippen LogP contribution in [-0.4, -0.2) is 25.7 Å². The molecule has 1 heterocycles. The minimum absolute atomic E-state index is 0.0815. The fraction of sp³-hybridized carbons (Fsp3) is 0.278. The molecule has 0 aromatic heterocycles. The molecule has 120 valence electrons. The first-order valence-electron chi connectivity index (χ1n) is 7.61. The van der Waals surface area contributed by atoms with Crippen molar-refractivity contribution >= 4 is 11.6 Å². The van der Waals surface area contributed by atoms with Crippen molar-refractivity contribution in [1.29, 1.82) is 0 Å². The van der Waals surface area contributed by atoms with Crippen LogP contribution in [0.2, 0.25) is 0 Å². The number of anilines is 1. The molecule has 1 fully saturated rings. The lowest BCUT2D eigenvalue weighted by Crippen LogP contribution is -2.63. The molecular formula is C18H20N2O3. The number of nitrogens with two attached hydrogens (primary N) is 1. The summed E-state index contributed by atoms with van der Waals surface area (Å²) in [5, 5.41) is 0. The van der Waals surface area contributed by atoms with E-state index in [1.807, 2.05) is 55.5 Å². The van der Waals surface area contributed by atoms with Crippen molar-refractivity contribution < 1.29 is 14.3 Å². The first kappa shape index (κ1) is 15.4. The van der Waals surface area contributed by atoms with E-state index in [0.29, 0.717) is 6.61 Å². The third kappa shape index (κ3) is 2.75. The molecule has 2 N–H and O–H groups in total. The minimum atomic E-state index is -0.534. The molecular weight excluding hydrogens is 292 g/mol. The molecule has 1 aliphatic heterocycles. The van der Waals surface area contributed by atoms with Crippen LogP contribution < -0.4 is 20.1 Å². The highest BCUT2D eigenvalue weighted by molar-refractivity contribution is 6.05. The summed E-state index contributed by atoms with van der Waals surface area (Å²) < 4.78 is 10.7. The lowest BCUT2D eigenvalue weighted by Gasteiger charge is -2.45. The summed E-state index contributed by atoms with van der Waals surface area (Å²) in [6, 6.07) is 14.4. The molecule has 2 aromatic rings. The van der Waals surface area contributed by atoms with Crippen LogP contribution >= 0.6 is 0 Å². The first-order chi connectivity index (χ1) is 11.2. The molecule has 23 heavy (non-hydrogen) atoms. The van der Waals surface area contributed by atoms with Gasteiger partial charge in [-0.2, -0.15) is 0 Å². The summed E-state index contributed by atoms with van der Waals surface area (Å²) in [4.78, 5) is 14.0. The maximum absolute atomic E-state index is 12.2. The highest BCUT2D eigenvalue weighted by Gasteiger charge is 2.46. The van der Waals surface area contributed by atoms with E-state index in [0.717, 1.165) is 22.7 Å². The van der Waals surface area contributed by atoms with Crippen LogP contribution in [0.1, 0.15) is 18.5 Å². The fourth-order valence-corrected chi connectivity index (χ4v) is 2.85. The van der Waals surface area contributed by atoms with Crippen molar-refractivity contribution in [2.75, 3.05) is 18.6 Å². The maximum Gasteiger partial charge on any atom is 0.247 e. The lowest BCUT2D eigenvalue weighted by atomic mass is 9.88. The second kappa shape index (κ2) is 6.30. The molecule has 1 amide bonds. The van der Waals surface area contributed by atoms with Crippen LogP contribution in [0.25, 0.3) is 0 Å². The van der Waals surface area contributed by atoms with E-state index in [4.69, 9.17) is 15.2 Å². The minimum Gasteiger partial charge on any atom is -0.497 e. The van der Waals surface area contributed by atoms with Gasteiger partial charge in [0.15, 0.2) is 0 Å². The Morgan fingerprint density at radius 1 is 1.13 bits per heavy atom. The van der Waals surface area contributed by atoms with E-state index in [9.17, 15) is 4.79 Å². The number of carbonyl (C=O) groups is 1. The molecule has 1 saturated heterocycles. The molecule has 5 nitrogen and oxygen atoms in total. The van der Waals surface area contributed by atoms with Crippen molar-refractivity contribution in [3.63, 3.8) is 0 Å². The number of β-lactam (4-membered cyclic amide) rings is 1. The molecule has 0 aliphatic carbocycles. The zero-order valence-electron chi connectivity index (χ0n) is 13.2. The number of hydrogen-bond donors (Lipinski definition) is 1. The number of nitrogens with zero attached hydrogens (tertiary/aromatic N) is 1. The van der Waals surface area contributed by atoms with Crippen molar-refractivity contribution in [1.82, 2.24) is 0 Å². The van der Waals surface area contributed by atoms with Gasteiger partial charge in [-0.1, -0.05) is 12.1 Å². The summed E-state index contributed by atoms with van der Waals surface area (Å²) in [6.45, 7) is 2.55. The maximum atomic E-state index is 12.2. The van der Waals surface area contributed by atoms with Gasteiger partial charge in [0.25, 0.3) is 0 Å². The third-order valence-electron chi connectivity index (χ3n) is 4.00. The summed E-state index contributed by atoms with van der Waals surface area (Å²) in [5.41, 5.74) is 7.81. The van der Waals surface area contributed by atoms with Gasteiger partial charge in [0.1, 0.15) is 17.5 Å². The predicted molar refractivity (Wildman–Crippen MR) is 88.8 cm³/mol. The Morgan fingerprint density at radius 3 is 2.52 bits per heavy atom. The van der Waals surface area contributed by atoms with Crippen molar-refractivity contribution in [2.45, 2.75) is 19.0 Å². The zero-order chi connectivity index (χ0) is 16.4. The standard InChI is InChI=1S/C18H20N2O3/c1-3-23-14-9-7-13(8-10-14)20-17(16(19)18(20)21)12-5-4-6-15(11-12)22-2/h4-11,16-17H,3,19H2,1-2H3. The Hall–Kier alpha value is -2.53. The smallest absolute Gasteiger partial charge is 0.247 e. The van der Waals surface area contributed by atoms with E-state index < -0.39 is 6.04 Å². The molecule has 1 aliphatic rings. The fourth-order valence-electron chi connectivity index (χ4n) is 2.85. The van der Waals surface area contributed by atoms with Gasteiger partial charge in [-0.05, 0) is 48.9 Å². The number of ether oxygens (including phenoxy) is 2. The first-order valence-corrected chi connectivity index (χ1v) is 7.61. The van der Waals surface area contributed by atoms with E-state index in [1.54, 1.807) is 12.0 Å². The Labute approximate surface area is 135 Å². The Bertz CT molecular complexity index is 700.